The predicted molar refractivity (Wildman–Crippen MR) is 38.9 cm³/mol. The van der Waals surface area contributed by atoms with Crippen molar-refractivity contribution >= 4 is 0 Å². The van der Waals surface area contributed by atoms with Crippen LogP contribution in [0.3, 0.4) is 0 Å². The minimum absolute atomic E-state index is 0.725. The van der Waals surface area contributed by atoms with Gasteiger partial charge in [0, 0.05) is 0 Å². The Hall–Kier alpha value is -0.480. The summed E-state index contributed by atoms with van der Waals surface area (Å²) >= 11 is 0. The molecule has 0 bridgehead atoms. The number of quaternary nitrogens is 2. The van der Waals surface area contributed by atoms with E-state index in [2.05, 4.69) is 31.8 Å². The van der Waals surface area contributed by atoms with Gasteiger partial charge in [-0.1, -0.05) is 0 Å². The second-order valence-corrected chi connectivity index (χ2v) is 2.04. The lowest BCUT2D eigenvalue weighted by atomic mass is 11.7. The van der Waals surface area contributed by atoms with Gasteiger partial charge in [-0.2, -0.15) is 20.7 Å². The molecule has 0 aliphatic carbocycles. The van der Waals surface area contributed by atoms with Gasteiger partial charge >= 0.3 is 0 Å². The summed E-state index contributed by atoms with van der Waals surface area (Å²) in [5, 5.41) is 22.0. The van der Waals surface area contributed by atoms with Gasteiger partial charge in [0.15, 0.2) is 0 Å². The lowest BCUT2D eigenvalue weighted by Gasteiger charge is -2.40. The quantitative estimate of drug-likeness (QED) is 0.251. The molecule has 84 valence electrons. The van der Waals surface area contributed by atoms with Crippen molar-refractivity contribution in [3.8, 4) is 0 Å². The molecule has 1 fully saturated rings. The van der Waals surface area contributed by atoms with Gasteiger partial charge in [-0.05, 0) is 0 Å². The van der Waals surface area contributed by atoms with Crippen LogP contribution >= 0.6 is 0 Å². The number of nitrogens with zero attached hydrogens (tertiary/aromatic N) is 2. The summed E-state index contributed by atoms with van der Waals surface area (Å²) < 4.78 is 0. The van der Waals surface area contributed by atoms with E-state index in [1.165, 1.54) is 14.2 Å². The molecule has 0 spiro atoms. The van der Waals surface area contributed by atoms with Crippen molar-refractivity contribution in [2.24, 2.45) is 0 Å². The molecule has 0 aromatic rings. The number of rotatable bonds is 4. The summed E-state index contributed by atoms with van der Waals surface area (Å²) in [5.74, 6) is 0. The molecule has 6 N–H and O–H groups in total. The second kappa shape index (κ2) is 5.41. The Balaban J connectivity index is 2.58. The summed E-state index contributed by atoms with van der Waals surface area (Å²) in [6, 6.07) is 0. The molecule has 0 radical (unpaired) electrons. The van der Waals surface area contributed by atoms with Crippen molar-refractivity contribution in [1.82, 2.24) is 32.6 Å². The molecule has 0 aromatic heterocycles. The van der Waals surface area contributed by atoms with E-state index < -0.39 is 10.7 Å². The SMILES string of the molecule is CO[NH+]([O-])N1NNNNN1[NH+]([O-])OC. The normalized spacial score (nSPS) is 24.9. The average molecular weight is 212 g/mol. The molecule has 14 heavy (non-hydrogen) atoms. The highest BCUT2D eigenvalue weighted by molar-refractivity contribution is 4.20. The largest absolute Gasteiger partial charge is 0.577 e. The van der Waals surface area contributed by atoms with Crippen LogP contribution in [0.15, 0.2) is 0 Å². The highest BCUT2D eigenvalue weighted by Crippen LogP contribution is 1.72. The standard InChI is InChI=1S/C2H12N8O4/c1-13-9(11)7-5-3-4-6-8(7)10(12)14-2/h3-6,9-10H,1-2H3. The maximum Gasteiger partial charge on any atom is 0.104 e. The van der Waals surface area contributed by atoms with Crippen molar-refractivity contribution in [2.75, 3.05) is 14.2 Å². The molecule has 12 nitrogen and oxygen atoms in total. The van der Waals surface area contributed by atoms with Crippen molar-refractivity contribution in [2.45, 2.75) is 0 Å². The van der Waals surface area contributed by atoms with Gasteiger partial charge in [-0.15, -0.1) is 21.7 Å². The van der Waals surface area contributed by atoms with E-state index in [0.29, 0.717) is 0 Å². The van der Waals surface area contributed by atoms with Gasteiger partial charge < -0.3 is 10.4 Å². The Morgan fingerprint density at radius 3 is 1.57 bits per heavy atom. The van der Waals surface area contributed by atoms with Gasteiger partial charge in [0.2, 0.25) is 0 Å². The van der Waals surface area contributed by atoms with Crippen LogP contribution in [0.25, 0.3) is 0 Å². The Kier molecular flexibility index (Phi) is 4.48. The van der Waals surface area contributed by atoms with Crippen LogP contribution in [0.2, 0.25) is 0 Å². The Labute approximate surface area is 78.7 Å². The number of hydrogen-bond acceptors (Lipinski definition) is 10. The lowest BCUT2D eigenvalue weighted by Crippen LogP contribution is -3.28. The zero-order valence-corrected chi connectivity index (χ0v) is 7.53. The molecule has 0 aromatic carbocycles. The molecule has 1 heterocycles. The van der Waals surface area contributed by atoms with E-state index in [0.717, 1.165) is 10.5 Å². The predicted octanol–water partition coefficient (Wildman–Crippen LogP) is -5.83. The molecule has 2 unspecified atom stereocenters. The van der Waals surface area contributed by atoms with Crippen molar-refractivity contribution in [1.29, 1.82) is 0 Å². The molecule has 0 amide bonds. The van der Waals surface area contributed by atoms with Gasteiger partial charge in [0.05, 0.1) is 14.2 Å². The fourth-order valence-electron chi connectivity index (χ4n) is 0.689. The van der Waals surface area contributed by atoms with E-state index in [1.54, 1.807) is 0 Å². The third-order valence-electron chi connectivity index (χ3n) is 1.28. The first-order chi connectivity index (χ1) is 6.70. The van der Waals surface area contributed by atoms with Crippen LogP contribution in [-0.4, -0.2) is 24.7 Å². The molecule has 1 aliphatic heterocycles. The first kappa shape index (κ1) is 11.6. The molecular formula is C2H12N8O4. The summed E-state index contributed by atoms with van der Waals surface area (Å²) in [6.07, 6.45) is 0. The topological polar surface area (TPSA) is 128 Å². The lowest BCUT2D eigenvalue weighted by molar-refractivity contribution is -1.26. The van der Waals surface area contributed by atoms with Crippen LogP contribution in [0.4, 0.5) is 0 Å². The number of nitrogens with one attached hydrogen (secondary N) is 6. The Morgan fingerprint density at radius 2 is 1.29 bits per heavy atom. The highest BCUT2D eigenvalue weighted by Gasteiger charge is 2.32. The monoisotopic (exact) mass is 212 g/mol. The zero-order valence-electron chi connectivity index (χ0n) is 7.53. The molecule has 1 saturated heterocycles. The van der Waals surface area contributed by atoms with E-state index in [9.17, 15) is 10.4 Å². The molecule has 12 heteroatoms. The molecule has 2 atom stereocenters. The van der Waals surface area contributed by atoms with Crippen LogP contribution in [0.5, 0.6) is 0 Å². The maximum absolute atomic E-state index is 11.1. The summed E-state index contributed by atoms with van der Waals surface area (Å²) in [7, 11) is 2.34. The van der Waals surface area contributed by atoms with E-state index in [1.807, 2.05) is 0 Å². The third kappa shape index (κ3) is 2.51. The fraction of sp³-hybridized carbons (Fsp3) is 1.00. The third-order valence-corrected chi connectivity index (χ3v) is 1.28. The first-order valence-corrected chi connectivity index (χ1v) is 3.48. The van der Waals surface area contributed by atoms with Crippen molar-refractivity contribution in [3.63, 3.8) is 0 Å². The highest BCUT2D eigenvalue weighted by atomic mass is 17.0. The smallest absolute Gasteiger partial charge is 0.104 e. The van der Waals surface area contributed by atoms with E-state index in [4.69, 9.17) is 0 Å². The minimum atomic E-state index is -0.808. The van der Waals surface area contributed by atoms with Crippen LogP contribution < -0.4 is 32.8 Å². The first-order valence-electron chi connectivity index (χ1n) is 3.48. The maximum atomic E-state index is 11.1. The molecule has 1 rings (SSSR count). The van der Waals surface area contributed by atoms with Crippen molar-refractivity contribution in [3.05, 3.63) is 10.4 Å². The van der Waals surface area contributed by atoms with Crippen LogP contribution in [-0.2, 0) is 9.68 Å². The van der Waals surface area contributed by atoms with Gasteiger partial charge in [0.25, 0.3) is 0 Å². The Morgan fingerprint density at radius 1 is 0.929 bits per heavy atom. The van der Waals surface area contributed by atoms with Gasteiger partial charge in [-0.25, -0.2) is 0 Å². The van der Waals surface area contributed by atoms with E-state index >= 15 is 0 Å². The van der Waals surface area contributed by atoms with Gasteiger partial charge in [0.1, 0.15) is 10.5 Å². The summed E-state index contributed by atoms with van der Waals surface area (Å²) in [5.41, 5.74) is 9.24. The molecule has 0 saturated carbocycles. The Bertz CT molecular complexity index is 151. The fourth-order valence-corrected chi connectivity index (χ4v) is 0.689. The van der Waals surface area contributed by atoms with E-state index in [-0.39, 0.29) is 0 Å². The minimum Gasteiger partial charge on any atom is -0.577 e. The van der Waals surface area contributed by atoms with Crippen LogP contribution in [0.1, 0.15) is 0 Å². The summed E-state index contributed by atoms with van der Waals surface area (Å²) in [4.78, 5) is 8.76. The zero-order chi connectivity index (χ0) is 10.6. The van der Waals surface area contributed by atoms with Gasteiger partial charge in [-0.3, -0.25) is 0 Å². The van der Waals surface area contributed by atoms with Crippen LogP contribution in [0, 0.1) is 10.4 Å². The molecule has 1 aliphatic rings. The number of hydrogen-bond donors (Lipinski definition) is 6. The number of hydrazine groups is 6. The molecular weight excluding hydrogens is 200 g/mol. The van der Waals surface area contributed by atoms with Crippen molar-refractivity contribution < 1.29 is 20.3 Å². The second-order valence-electron chi connectivity index (χ2n) is 2.04. The summed E-state index contributed by atoms with van der Waals surface area (Å²) in [6.45, 7) is 0. The average Bonchev–Trinajstić information content (AvgIpc) is 2.27.